The summed E-state index contributed by atoms with van der Waals surface area (Å²) in [6.45, 7) is 8.36. The van der Waals surface area contributed by atoms with Gasteiger partial charge < -0.3 is 9.84 Å². The molecule has 0 aliphatic heterocycles. The molecule has 4 aliphatic carbocycles. The van der Waals surface area contributed by atoms with Crippen molar-refractivity contribution in [2.45, 2.75) is 90.8 Å². The van der Waals surface area contributed by atoms with Crippen LogP contribution < -0.4 is 0 Å². The van der Waals surface area contributed by atoms with Gasteiger partial charge in [-0.25, -0.2) is 4.79 Å². The van der Waals surface area contributed by atoms with E-state index in [1.807, 2.05) is 30.3 Å². The fraction of sp³-hybridized carbons (Fsp3) is 0.724. The summed E-state index contributed by atoms with van der Waals surface area (Å²) in [7, 11) is 0. The molecule has 9 atom stereocenters. The molecule has 3 unspecified atom stereocenters. The normalized spacial score (nSPS) is 46.6. The Hall–Kier alpha value is -1.68. The van der Waals surface area contributed by atoms with Gasteiger partial charge in [0.1, 0.15) is 11.7 Å². The van der Waals surface area contributed by atoms with Crippen LogP contribution in [-0.2, 0) is 9.53 Å². The van der Waals surface area contributed by atoms with Crippen LogP contribution in [0, 0.1) is 40.4 Å². The Kier molecular flexibility index (Phi) is 5.55. The molecule has 0 aromatic heterocycles. The molecule has 1 aromatic carbocycles. The minimum Gasteiger partial charge on any atom is -0.459 e. The first kappa shape index (κ1) is 23.1. The van der Waals surface area contributed by atoms with Crippen molar-refractivity contribution >= 4 is 11.8 Å². The number of hydrogen-bond acceptors (Lipinski definition) is 4. The molecule has 0 spiro atoms. The van der Waals surface area contributed by atoms with Crippen molar-refractivity contribution < 1.29 is 19.4 Å². The Morgan fingerprint density at radius 2 is 1.70 bits per heavy atom. The van der Waals surface area contributed by atoms with Crippen molar-refractivity contribution in [3.05, 3.63) is 35.9 Å². The lowest BCUT2D eigenvalue weighted by atomic mass is 9.44. The Balaban J connectivity index is 1.32. The Bertz CT molecular complexity index is 927. The smallest absolute Gasteiger partial charge is 0.338 e. The summed E-state index contributed by atoms with van der Waals surface area (Å²) in [6.07, 6.45) is 8.35. The Labute approximate surface area is 198 Å². The Morgan fingerprint density at radius 3 is 2.39 bits per heavy atom. The third-order valence-corrected chi connectivity index (χ3v) is 11.0. The Morgan fingerprint density at radius 1 is 0.970 bits per heavy atom. The van der Waals surface area contributed by atoms with Gasteiger partial charge in [0, 0.05) is 5.41 Å². The van der Waals surface area contributed by atoms with E-state index < -0.39 is 5.60 Å². The summed E-state index contributed by atoms with van der Waals surface area (Å²) in [5.41, 5.74) is -0.580. The molecule has 33 heavy (non-hydrogen) atoms. The van der Waals surface area contributed by atoms with Crippen LogP contribution in [-0.4, -0.2) is 28.6 Å². The maximum absolute atomic E-state index is 12.6. The average Bonchev–Trinajstić information content (AvgIpc) is 3.01. The van der Waals surface area contributed by atoms with E-state index in [9.17, 15) is 14.7 Å². The summed E-state index contributed by atoms with van der Waals surface area (Å²) in [5.74, 6) is 2.02. The molecule has 1 aromatic rings. The van der Waals surface area contributed by atoms with Gasteiger partial charge in [0.05, 0.1) is 5.56 Å². The topological polar surface area (TPSA) is 63.6 Å². The third kappa shape index (κ3) is 3.26. The second-order valence-electron chi connectivity index (χ2n) is 12.2. The second-order valence-corrected chi connectivity index (χ2v) is 12.2. The van der Waals surface area contributed by atoms with E-state index in [1.165, 1.54) is 6.42 Å². The molecule has 0 radical (unpaired) electrons. The van der Waals surface area contributed by atoms with Crippen LogP contribution >= 0.6 is 0 Å². The molecule has 0 saturated heterocycles. The van der Waals surface area contributed by atoms with Crippen LogP contribution in [0.1, 0.15) is 89.4 Å². The highest BCUT2D eigenvalue weighted by atomic mass is 16.5. The van der Waals surface area contributed by atoms with Crippen molar-refractivity contribution in [3.8, 4) is 0 Å². The second kappa shape index (κ2) is 7.93. The molecular formula is C29H40O4. The summed E-state index contributed by atoms with van der Waals surface area (Å²) in [4.78, 5) is 25.2. The van der Waals surface area contributed by atoms with E-state index >= 15 is 0 Å². The predicted octanol–water partition coefficient (Wildman–Crippen LogP) is 5.82. The fourth-order valence-corrected chi connectivity index (χ4v) is 9.21. The fourth-order valence-electron chi connectivity index (χ4n) is 9.21. The molecule has 0 heterocycles. The standard InChI is InChI=1S/C29H40O4/c1-18-16-25-23-11-10-21-17-22(33-26(31)20-8-6-5-7-9-20)12-14-27(21,3)24(23)13-15-28(25,4)29(18,32)19(2)30/h5-9,18,21-25,32H,10-17H2,1-4H3/t18-,21+,22-,23?,24?,25?,27+,28+,29+/m1/s1. The number of aliphatic hydroxyl groups is 1. The van der Waals surface area contributed by atoms with E-state index in [0.29, 0.717) is 29.2 Å². The highest BCUT2D eigenvalue weighted by molar-refractivity contribution is 5.89. The third-order valence-electron chi connectivity index (χ3n) is 11.0. The highest BCUT2D eigenvalue weighted by Gasteiger charge is 2.68. The number of hydrogen-bond donors (Lipinski definition) is 1. The van der Waals surface area contributed by atoms with Crippen LogP contribution in [0.2, 0.25) is 0 Å². The van der Waals surface area contributed by atoms with Gasteiger partial charge in [-0.05, 0) is 105 Å². The first-order valence-corrected chi connectivity index (χ1v) is 13.1. The molecule has 4 heteroatoms. The first-order chi connectivity index (χ1) is 15.6. The van der Waals surface area contributed by atoms with Gasteiger partial charge in [0.2, 0.25) is 0 Å². The van der Waals surface area contributed by atoms with Gasteiger partial charge in [-0.1, -0.05) is 39.0 Å². The summed E-state index contributed by atoms with van der Waals surface area (Å²) >= 11 is 0. The van der Waals surface area contributed by atoms with Gasteiger partial charge in [-0.3, -0.25) is 4.79 Å². The molecule has 4 nitrogen and oxygen atoms in total. The summed E-state index contributed by atoms with van der Waals surface area (Å²) in [6, 6.07) is 9.32. The molecule has 180 valence electrons. The number of Topliss-reactive ketones (excluding diaryl/α,β-unsaturated/α-hetero) is 1. The average molecular weight is 453 g/mol. The van der Waals surface area contributed by atoms with Crippen LogP contribution in [0.25, 0.3) is 0 Å². The number of ketones is 1. The number of ether oxygens (including phenoxy) is 1. The highest BCUT2D eigenvalue weighted by Crippen LogP contribution is 2.69. The summed E-state index contributed by atoms with van der Waals surface area (Å²) in [5, 5.41) is 11.6. The number of carbonyl (C=O) groups excluding carboxylic acids is 2. The molecule has 1 N–H and O–H groups in total. The maximum atomic E-state index is 12.6. The number of esters is 1. The van der Waals surface area contributed by atoms with Crippen molar-refractivity contribution in [2.24, 2.45) is 40.4 Å². The zero-order chi connectivity index (χ0) is 23.6. The van der Waals surface area contributed by atoms with Crippen molar-refractivity contribution in [1.29, 1.82) is 0 Å². The van der Waals surface area contributed by atoms with Crippen LogP contribution in [0.15, 0.2) is 30.3 Å². The summed E-state index contributed by atoms with van der Waals surface area (Å²) < 4.78 is 5.95. The quantitative estimate of drug-likeness (QED) is 0.587. The monoisotopic (exact) mass is 452 g/mol. The maximum Gasteiger partial charge on any atom is 0.338 e. The van der Waals surface area contributed by atoms with Gasteiger partial charge >= 0.3 is 5.97 Å². The molecular weight excluding hydrogens is 412 g/mol. The molecule has 4 saturated carbocycles. The number of fused-ring (bicyclic) bond motifs is 5. The number of benzene rings is 1. The van der Waals surface area contributed by atoms with Crippen molar-refractivity contribution in [3.63, 3.8) is 0 Å². The molecule has 0 amide bonds. The molecule has 5 rings (SSSR count). The van der Waals surface area contributed by atoms with E-state index in [-0.39, 0.29) is 34.6 Å². The van der Waals surface area contributed by atoms with Gasteiger partial charge in [-0.15, -0.1) is 0 Å². The first-order valence-electron chi connectivity index (χ1n) is 13.1. The van der Waals surface area contributed by atoms with Gasteiger partial charge in [-0.2, -0.15) is 0 Å². The van der Waals surface area contributed by atoms with E-state index in [2.05, 4.69) is 20.8 Å². The lowest BCUT2D eigenvalue weighted by Crippen LogP contribution is -2.59. The van der Waals surface area contributed by atoms with Crippen LogP contribution in [0.3, 0.4) is 0 Å². The van der Waals surface area contributed by atoms with Crippen LogP contribution in [0.4, 0.5) is 0 Å². The molecule has 4 aliphatic rings. The van der Waals surface area contributed by atoms with Crippen molar-refractivity contribution in [2.75, 3.05) is 0 Å². The number of carbonyl (C=O) groups is 2. The lowest BCUT2D eigenvalue weighted by Gasteiger charge is -2.61. The van der Waals surface area contributed by atoms with Crippen molar-refractivity contribution in [1.82, 2.24) is 0 Å². The minimum absolute atomic E-state index is 0.00972. The molecule has 0 bridgehead atoms. The largest absolute Gasteiger partial charge is 0.459 e. The zero-order valence-corrected chi connectivity index (χ0v) is 20.7. The minimum atomic E-state index is -1.18. The van der Waals surface area contributed by atoms with Gasteiger partial charge in [0.25, 0.3) is 0 Å². The lowest BCUT2D eigenvalue weighted by molar-refractivity contribution is -0.175. The van der Waals surface area contributed by atoms with E-state index in [1.54, 1.807) is 6.92 Å². The van der Waals surface area contributed by atoms with E-state index in [4.69, 9.17) is 4.74 Å². The molecule has 4 fully saturated rings. The van der Waals surface area contributed by atoms with E-state index in [0.717, 1.165) is 44.9 Å². The predicted molar refractivity (Wildman–Crippen MR) is 128 cm³/mol. The zero-order valence-electron chi connectivity index (χ0n) is 20.7. The van der Waals surface area contributed by atoms with Gasteiger partial charge in [0.15, 0.2) is 5.78 Å². The van der Waals surface area contributed by atoms with Crippen LogP contribution in [0.5, 0.6) is 0 Å². The number of rotatable bonds is 3. The SMILES string of the molecule is CC(=O)[C@@]1(O)[C@H](C)CC2C3CC[C@H]4C[C@H](OC(=O)c5ccccc5)CC[C@]4(C)C3CC[C@@]21C.